The van der Waals surface area contributed by atoms with Crippen LogP contribution in [0.1, 0.15) is 23.2 Å². The number of fused-ring (bicyclic) bond motifs is 1. The van der Waals surface area contributed by atoms with Gasteiger partial charge in [-0.25, -0.2) is 9.37 Å². The van der Waals surface area contributed by atoms with Gasteiger partial charge in [-0.15, -0.1) is 0 Å². The molecule has 1 aliphatic carbocycles. The highest BCUT2D eigenvalue weighted by molar-refractivity contribution is 6.01. The summed E-state index contributed by atoms with van der Waals surface area (Å²) in [6, 6.07) is 4.61. The van der Waals surface area contributed by atoms with Crippen LogP contribution in [0.4, 0.5) is 4.39 Å². The smallest absolute Gasteiger partial charge is 0.255 e. The van der Waals surface area contributed by atoms with Crippen LogP contribution in [-0.4, -0.2) is 42.7 Å². The lowest BCUT2D eigenvalue weighted by Crippen LogP contribution is -2.35. The van der Waals surface area contributed by atoms with Crippen LogP contribution in [0.5, 0.6) is 11.6 Å². The summed E-state index contributed by atoms with van der Waals surface area (Å²) in [5.74, 6) is -0.647. The molecule has 1 aliphatic heterocycles. The molecule has 4 rings (SSSR count). The Morgan fingerprint density at radius 1 is 1.41 bits per heavy atom. The first-order valence-electron chi connectivity index (χ1n) is 8.83. The van der Waals surface area contributed by atoms with Gasteiger partial charge in [0.05, 0.1) is 18.7 Å². The van der Waals surface area contributed by atoms with E-state index in [9.17, 15) is 14.0 Å². The monoisotopic (exact) mass is 373 g/mol. The Labute approximate surface area is 155 Å². The highest BCUT2D eigenvalue weighted by Gasteiger charge is 2.50. The van der Waals surface area contributed by atoms with Crippen LogP contribution in [0.3, 0.4) is 0 Å². The van der Waals surface area contributed by atoms with Crippen LogP contribution in [0, 0.1) is 11.8 Å². The summed E-state index contributed by atoms with van der Waals surface area (Å²) in [5, 5.41) is 4.04. The lowest BCUT2D eigenvalue weighted by molar-refractivity contribution is -0.124. The molecule has 2 amide bonds. The van der Waals surface area contributed by atoms with Gasteiger partial charge in [-0.2, -0.15) is 0 Å². The maximum Gasteiger partial charge on any atom is 0.255 e. The lowest BCUT2D eigenvalue weighted by Gasteiger charge is -2.20. The lowest BCUT2D eigenvalue weighted by atomic mass is 9.94. The molecule has 2 heterocycles. The standard InChI is InChI=1S/C19H20FN3O4/c1-26-14-7-11-10(6-12(14)17(21)24)4-5-22-19(11)27-8-13-15(9-2-3-9)16(20)18(25)23-13/h4-7,9,13,15-16H,2-3,8H2,1H3,(H2,21,24)(H,23,25)/t13-,15+,16-/m1/s1. The van der Waals surface area contributed by atoms with Gasteiger partial charge in [0, 0.05) is 17.5 Å². The molecule has 1 saturated heterocycles. The second-order valence-electron chi connectivity index (χ2n) is 7.00. The van der Waals surface area contributed by atoms with Crippen LogP contribution >= 0.6 is 0 Å². The number of hydrogen-bond acceptors (Lipinski definition) is 5. The number of primary amides is 1. The number of nitrogens with two attached hydrogens (primary N) is 1. The number of benzene rings is 1. The average molecular weight is 373 g/mol. The fourth-order valence-corrected chi connectivity index (χ4v) is 3.76. The SMILES string of the molecule is COc1cc2c(OC[C@H]3NC(=O)[C@H](F)[C@H]3C3CC3)nccc2cc1C(N)=O. The van der Waals surface area contributed by atoms with E-state index in [-0.39, 0.29) is 30.0 Å². The minimum atomic E-state index is -1.48. The highest BCUT2D eigenvalue weighted by Crippen LogP contribution is 2.43. The summed E-state index contributed by atoms with van der Waals surface area (Å²) >= 11 is 0. The fourth-order valence-electron chi connectivity index (χ4n) is 3.76. The van der Waals surface area contributed by atoms with Crippen molar-refractivity contribution in [3.05, 3.63) is 30.0 Å². The minimum absolute atomic E-state index is 0.124. The maximum atomic E-state index is 14.2. The summed E-state index contributed by atoms with van der Waals surface area (Å²) < 4.78 is 25.3. The first kappa shape index (κ1) is 17.5. The quantitative estimate of drug-likeness (QED) is 0.800. The van der Waals surface area contributed by atoms with Crippen LogP contribution < -0.4 is 20.5 Å². The molecule has 8 heteroatoms. The number of carbonyl (C=O) groups excluding carboxylic acids is 2. The van der Waals surface area contributed by atoms with Crippen LogP contribution in [0.25, 0.3) is 10.8 Å². The zero-order chi connectivity index (χ0) is 19.1. The Morgan fingerprint density at radius 2 is 2.19 bits per heavy atom. The molecule has 1 saturated carbocycles. The van der Waals surface area contributed by atoms with Gasteiger partial charge in [0.2, 0.25) is 5.88 Å². The van der Waals surface area contributed by atoms with Crippen molar-refractivity contribution in [2.24, 2.45) is 17.6 Å². The van der Waals surface area contributed by atoms with Crippen LogP contribution in [-0.2, 0) is 4.79 Å². The Balaban J connectivity index is 1.60. The van der Waals surface area contributed by atoms with Gasteiger partial charge in [-0.3, -0.25) is 9.59 Å². The normalized spacial score (nSPS) is 24.7. The number of ether oxygens (including phenoxy) is 2. The molecule has 1 aromatic heterocycles. The second kappa shape index (κ2) is 6.68. The van der Waals surface area contributed by atoms with Gasteiger partial charge in [-0.05, 0) is 42.3 Å². The van der Waals surface area contributed by atoms with E-state index in [1.54, 1.807) is 24.4 Å². The predicted octanol–water partition coefficient (Wildman–Crippen LogP) is 1.58. The third-order valence-corrected chi connectivity index (χ3v) is 5.26. The topological polar surface area (TPSA) is 104 Å². The highest BCUT2D eigenvalue weighted by atomic mass is 19.1. The van der Waals surface area contributed by atoms with E-state index in [0.717, 1.165) is 12.8 Å². The molecule has 2 aliphatic rings. The zero-order valence-corrected chi connectivity index (χ0v) is 14.8. The molecule has 2 fully saturated rings. The van der Waals surface area contributed by atoms with Crippen molar-refractivity contribution in [3.8, 4) is 11.6 Å². The van der Waals surface area contributed by atoms with Crippen LogP contribution in [0.15, 0.2) is 24.4 Å². The van der Waals surface area contributed by atoms with E-state index in [4.69, 9.17) is 15.2 Å². The largest absolute Gasteiger partial charge is 0.496 e. The molecule has 2 aromatic rings. The van der Waals surface area contributed by atoms with Gasteiger partial charge in [0.15, 0.2) is 6.17 Å². The molecule has 0 bridgehead atoms. The van der Waals surface area contributed by atoms with Gasteiger partial charge in [0.1, 0.15) is 12.4 Å². The summed E-state index contributed by atoms with van der Waals surface area (Å²) in [5.41, 5.74) is 5.66. The first-order valence-corrected chi connectivity index (χ1v) is 8.83. The summed E-state index contributed by atoms with van der Waals surface area (Å²) in [6.45, 7) is 0.124. The summed E-state index contributed by atoms with van der Waals surface area (Å²) in [4.78, 5) is 27.6. The van der Waals surface area contributed by atoms with Crippen LogP contribution in [0.2, 0.25) is 0 Å². The third-order valence-electron chi connectivity index (χ3n) is 5.26. The van der Waals surface area contributed by atoms with Crippen molar-refractivity contribution in [1.82, 2.24) is 10.3 Å². The summed E-state index contributed by atoms with van der Waals surface area (Å²) in [7, 11) is 1.44. The van der Waals surface area contributed by atoms with Crippen molar-refractivity contribution < 1.29 is 23.5 Å². The van der Waals surface area contributed by atoms with E-state index in [2.05, 4.69) is 10.3 Å². The number of rotatable bonds is 6. The number of hydrogen-bond donors (Lipinski definition) is 2. The number of nitrogens with zero attached hydrogens (tertiary/aromatic N) is 1. The molecule has 3 atom stereocenters. The number of aromatic nitrogens is 1. The van der Waals surface area contributed by atoms with Crippen molar-refractivity contribution in [2.45, 2.75) is 25.1 Å². The predicted molar refractivity (Wildman–Crippen MR) is 95.3 cm³/mol. The number of amides is 2. The first-order chi connectivity index (χ1) is 13.0. The number of pyridine rings is 1. The number of halogens is 1. The maximum absolute atomic E-state index is 14.2. The Bertz CT molecular complexity index is 915. The Kier molecular flexibility index (Phi) is 4.33. The number of alkyl halides is 1. The van der Waals surface area contributed by atoms with E-state index in [0.29, 0.717) is 22.4 Å². The average Bonchev–Trinajstić information content (AvgIpc) is 3.45. The molecule has 7 nitrogen and oxygen atoms in total. The van der Waals surface area contributed by atoms with E-state index >= 15 is 0 Å². The number of carbonyl (C=O) groups is 2. The third kappa shape index (κ3) is 3.15. The van der Waals surface area contributed by atoms with Gasteiger partial charge >= 0.3 is 0 Å². The van der Waals surface area contributed by atoms with Crippen molar-refractivity contribution >= 4 is 22.6 Å². The Morgan fingerprint density at radius 3 is 2.85 bits per heavy atom. The van der Waals surface area contributed by atoms with E-state index in [1.165, 1.54) is 7.11 Å². The second-order valence-corrected chi connectivity index (χ2v) is 7.00. The molecule has 142 valence electrons. The molecule has 0 unspecified atom stereocenters. The molecular weight excluding hydrogens is 353 g/mol. The van der Waals surface area contributed by atoms with E-state index in [1.807, 2.05) is 0 Å². The minimum Gasteiger partial charge on any atom is -0.496 e. The zero-order valence-electron chi connectivity index (χ0n) is 14.8. The van der Waals surface area contributed by atoms with Gasteiger partial charge in [0.25, 0.3) is 11.8 Å². The molecule has 27 heavy (non-hydrogen) atoms. The summed E-state index contributed by atoms with van der Waals surface area (Å²) in [6.07, 6.45) is 1.95. The molecule has 3 N–H and O–H groups in total. The number of methoxy groups -OCH3 is 1. The Hall–Kier alpha value is -2.90. The van der Waals surface area contributed by atoms with E-state index < -0.39 is 18.0 Å². The van der Waals surface area contributed by atoms with Gasteiger partial charge < -0.3 is 20.5 Å². The molecule has 0 radical (unpaired) electrons. The van der Waals surface area contributed by atoms with Crippen molar-refractivity contribution in [3.63, 3.8) is 0 Å². The van der Waals surface area contributed by atoms with Crippen molar-refractivity contribution in [2.75, 3.05) is 13.7 Å². The van der Waals surface area contributed by atoms with Gasteiger partial charge in [-0.1, -0.05) is 0 Å². The van der Waals surface area contributed by atoms with Crippen molar-refractivity contribution in [1.29, 1.82) is 0 Å². The molecule has 1 aromatic carbocycles. The fraction of sp³-hybridized carbons (Fsp3) is 0.421. The molecular formula is C19H20FN3O4. The number of nitrogens with one attached hydrogen (secondary N) is 1. The molecule has 0 spiro atoms.